The Kier molecular flexibility index (Phi) is 5.50. The van der Waals surface area contributed by atoms with Gasteiger partial charge in [-0.05, 0) is 37.6 Å². The average Bonchev–Trinajstić information content (AvgIpc) is 2.90. The van der Waals surface area contributed by atoms with Gasteiger partial charge in [-0.1, -0.05) is 23.2 Å². The summed E-state index contributed by atoms with van der Waals surface area (Å²) < 4.78 is 10.3. The van der Waals surface area contributed by atoms with Crippen LogP contribution in [0.2, 0.25) is 10.0 Å². The Balaban J connectivity index is 2.24. The maximum atomic E-state index is 6.40. The summed E-state index contributed by atoms with van der Waals surface area (Å²) in [5.74, 6) is -0.245. The van der Waals surface area contributed by atoms with E-state index in [0.717, 1.165) is 5.56 Å². The van der Waals surface area contributed by atoms with Gasteiger partial charge in [0.25, 0.3) is 0 Å². The lowest BCUT2D eigenvalue weighted by atomic mass is 10.1. The van der Waals surface area contributed by atoms with Crippen molar-refractivity contribution >= 4 is 46.4 Å². The molecule has 112 valence electrons. The molecule has 1 unspecified atom stereocenters. The molecule has 0 bridgehead atoms. The van der Waals surface area contributed by atoms with Gasteiger partial charge in [-0.3, -0.25) is 0 Å². The van der Waals surface area contributed by atoms with E-state index in [4.69, 9.17) is 55.9 Å². The maximum Gasteiger partial charge on any atom is 0.163 e. The Labute approximate surface area is 139 Å². The van der Waals surface area contributed by atoms with Crippen LogP contribution in [0, 0.1) is 5.92 Å². The van der Waals surface area contributed by atoms with Crippen LogP contribution < -0.4 is 0 Å². The zero-order chi connectivity index (χ0) is 14.9. The molecule has 1 aliphatic rings. The third-order valence-electron chi connectivity index (χ3n) is 3.31. The minimum atomic E-state index is -0.928. The highest BCUT2D eigenvalue weighted by atomic mass is 35.5. The fourth-order valence-corrected chi connectivity index (χ4v) is 3.86. The van der Waals surface area contributed by atoms with Crippen LogP contribution in [0.25, 0.3) is 0 Å². The summed E-state index contributed by atoms with van der Waals surface area (Å²) in [6, 6.07) is 5.33. The molecule has 0 heterocycles. The van der Waals surface area contributed by atoms with Gasteiger partial charge < -0.3 is 9.47 Å². The lowest BCUT2D eigenvalue weighted by Crippen LogP contribution is -2.22. The number of hydrogen-bond donors (Lipinski definition) is 0. The third-order valence-corrected chi connectivity index (χ3v) is 4.72. The summed E-state index contributed by atoms with van der Waals surface area (Å²) in [5, 5.41) is 1.12. The molecule has 0 N–H and O–H groups in total. The Morgan fingerprint density at radius 1 is 1.05 bits per heavy atom. The van der Waals surface area contributed by atoms with Crippen molar-refractivity contribution in [1.82, 2.24) is 0 Å². The number of halogens is 4. The second kappa shape index (κ2) is 6.60. The molecule has 0 saturated heterocycles. The number of ether oxygens (including phenoxy) is 2. The first-order valence-corrected chi connectivity index (χ1v) is 8.00. The second-order valence-electron chi connectivity index (χ2n) is 4.66. The van der Waals surface area contributed by atoms with Gasteiger partial charge in [0.2, 0.25) is 0 Å². The van der Waals surface area contributed by atoms with E-state index in [-0.39, 0.29) is 11.8 Å². The molecule has 1 aromatic carbocycles. The summed E-state index contributed by atoms with van der Waals surface area (Å²) in [6.45, 7) is 4.88. The van der Waals surface area contributed by atoms with Crippen LogP contribution in [0.4, 0.5) is 0 Å². The summed E-state index contributed by atoms with van der Waals surface area (Å²) in [6.07, 6.45) is -0.428. The smallest absolute Gasteiger partial charge is 0.163 e. The van der Waals surface area contributed by atoms with Gasteiger partial charge in [0, 0.05) is 29.2 Å². The van der Waals surface area contributed by atoms with Crippen molar-refractivity contribution in [3.8, 4) is 0 Å². The fraction of sp³-hybridized carbons (Fsp3) is 0.571. The molecular weight excluding hydrogens is 342 g/mol. The average molecular weight is 358 g/mol. The Morgan fingerprint density at radius 2 is 1.55 bits per heavy atom. The molecule has 1 saturated carbocycles. The molecule has 2 rings (SSSR count). The van der Waals surface area contributed by atoms with Gasteiger partial charge >= 0.3 is 0 Å². The van der Waals surface area contributed by atoms with Gasteiger partial charge in [-0.15, -0.1) is 23.2 Å². The van der Waals surface area contributed by atoms with Crippen molar-refractivity contribution in [3.63, 3.8) is 0 Å². The van der Waals surface area contributed by atoms with E-state index in [1.54, 1.807) is 6.07 Å². The number of hydrogen-bond acceptors (Lipinski definition) is 2. The first-order chi connectivity index (χ1) is 9.41. The first-order valence-electron chi connectivity index (χ1n) is 6.48. The highest BCUT2D eigenvalue weighted by Crippen LogP contribution is 2.67. The van der Waals surface area contributed by atoms with Gasteiger partial charge in [0.1, 0.15) is 4.33 Å². The number of alkyl halides is 2. The zero-order valence-corrected chi connectivity index (χ0v) is 14.2. The highest BCUT2D eigenvalue weighted by molar-refractivity contribution is 6.52. The molecular formula is C14H16Cl4O2. The molecule has 1 aliphatic carbocycles. The molecule has 0 spiro atoms. The van der Waals surface area contributed by atoms with Gasteiger partial charge in [0.15, 0.2) is 6.29 Å². The van der Waals surface area contributed by atoms with Crippen molar-refractivity contribution in [2.75, 3.05) is 13.2 Å². The van der Waals surface area contributed by atoms with E-state index in [1.807, 2.05) is 26.0 Å². The molecule has 0 aromatic heterocycles. The van der Waals surface area contributed by atoms with E-state index in [9.17, 15) is 0 Å². The van der Waals surface area contributed by atoms with Crippen LogP contribution >= 0.6 is 46.4 Å². The predicted octanol–water partition coefficient (Wildman–Crippen LogP) is 5.28. The molecule has 6 heteroatoms. The Morgan fingerprint density at radius 3 is 2.00 bits per heavy atom. The van der Waals surface area contributed by atoms with E-state index >= 15 is 0 Å². The minimum absolute atomic E-state index is 0.106. The predicted molar refractivity (Wildman–Crippen MR) is 84.2 cm³/mol. The molecule has 0 radical (unpaired) electrons. The van der Waals surface area contributed by atoms with Crippen LogP contribution in [-0.2, 0) is 9.47 Å². The fourth-order valence-electron chi connectivity index (χ4n) is 2.46. The standard InChI is InChI=1S/C14H16Cl4O2/c1-3-19-13(20-4-2)12-11(14(12,17)18)8-5-9(15)7-10(16)6-8/h5-7,11-13H,3-4H2,1-2H3/t11?,12-/m0/s1. The Bertz CT molecular complexity index is 452. The topological polar surface area (TPSA) is 18.5 Å². The van der Waals surface area contributed by atoms with Crippen molar-refractivity contribution in [2.24, 2.45) is 5.92 Å². The Hall–Kier alpha value is 0.300. The monoisotopic (exact) mass is 356 g/mol. The van der Waals surface area contributed by atoms with Gasteiger partial charge in [0.05, 0.1) is 5.92 Å². The summed E-state index contributed by atoms with van der Waals surface area (Å²) >= 11 is 24.9. The SMILES string of the molecule is CCOC(OCC)[C@@H]1C(c2cc(Cl)cc(Cl)c2)C1(Cl)Cl. The van der Waals surface area contributed by atoms with Crippen molar-refractivity contribution in [3.05, 3.63) is 33.8 Å². The van der Waals surface area contributed by atoms with Crippen LogP contribution in [0.5, 0.6) is 0 Å². The number of rotatable bonds is 6. The lowest BCUT2D eigenvalue weighted by Gasteiger charge is -2.17. The first kappa shape index (κ1) is 16.7. The molecule has 1 aromatic rings. The van der Waals surface area contributed by atoms with E-state index in [0.29, 0.717) is 23.3 Å². The zero-order valence-electron chi connectivity index (χ0n) is 11.2. The molecule has 20 heavy (non-hydrogen) atoms. The summed E-state index contributed by atoms with van der Waals surface area (Å²) in [5.41, 5.74) is 0.905. The van der Waals surface area contributed by atoms with Crippen LogP contribution in [0.3, 0.4) is 0 Å². The molecule has 2 atom stereocenters. The molecule has 2 nitrogen and oxygen atoms in total. The minimum Gasteiger partial charge on any atom is -0.353 e. The van der Waals surface area contributed by atoms with E-state index in [2.05, 4.69) is 0 Å². The number of benzene rings is 1. The summed E-state index contributed by atoms with van der Waals surface area (Å²) in [4.78, 5) is 0. The van der Waals surface area contributed by atoms with Gasteiger partial charge in [-0.25, -0.2) is 0 Å². The maximum absolute atomic E-state index is 6.40. The highest BCUT2D eigenvalue weighted by Gasteiger charge is 2.67. The van der Waals surface area contributed by atoms with Crippen molar-refractivity contribution in [2.45, 2.75) is 30.4 Å². The van der Waals surface area contributed by atoms with E-state index < -0.39 is 10.6 Å². The van der Waals surface area contributed by atoms with Crippen molar-refractivity contribution < 1.29 is 9.47 Å². The van der Waals surface area contributed by atoms with Crippen LogP contribution in [0.1, 0.15) is 25.3 Å². The largest absolute Gasteiger partial charge is 0.353 e. The van der Waals surface area contributed by atoms with E-state index in [1.165, 1.54) is 0 Å². The third kappa shape index (κ3) is 3.37. The van der Waals surface area contributed by atoms with Gasteiger partial charge in [-0.2, -0.15) is 0 Å². The lowest BCUT2D eigenvalue weighted by molar-refractivity contribution is -0.149. The van der Waals surface area contributed by atoms with Crippen LogP contribution in [-0.4, -0.2) is 23.8 Å². The summed E-state index contributed by atoms with van der Waals surface area (Å²) in [7, 11) is 0. The molecule has 1 fully saturated rings. The quantitative estimate of drug-likeness (QED) is 0.509. The second-order valence-corrected chi connectivity index (χ2v) is 6.98. The molecule has 0 aliphatic heterocycles. The van der Waals surface area contributed by atoms with Crippen molar-refractivity contribution in [1.29, 1.82) is 0 Å². The molecule has 0 amide bonds. The normalized spacial score (nSPS) is 24.1. The van der Waals surface area contributed by atoms with Crippen LogP contribution in [0.15, 0.2) is 18.2 Å².